The highest BCUT2D eigenvalue weighted by molar-refractivity contribution is 6.22. The first-order chi connectivity index (χ1) is 20.9. The molecule has 0 bridgehead atoms. The predicted molar refractivity (Wildman–Crippen MR) is 153 cm³/mol. The number of rotatable bonds is 10. The second-order valence-electron chi connectivity index (χ2n) is 11.2. The minimum Gasteiger partial charge on any atom is -0.467 e. The van der Waals surface area contributed by atoms with Crippen molar-refractivity contribution in [2.24, 2.45) is 28.8 Å². The van der Waals surface area contributed by atoms with Crippen molar-refractivity contribution in [2.75, 3.05) is 18.1 Å². The number of fused-ring (bicyclic) bond motifs is 3. The highest BCUT2D eigenvalue weighted by Gasteiger charge is 2.60. The van der Waals surface area contributed by atoms with E-state index in [1.807, 2.05) is 30.3 Å². The third-order valence-corrected chi connectivity index (χ3v) is 8.42. The van der Waals surface area contributed by atoms with Crippen LogP contribution in [0.4, 0.5) is 5.69 Å². The van der Waals surface area contributed by atoms with Crippen molar-refractivity contribution in [2.45, 2.75) is 44.2 Å². The largest absolute Gasteiger partial charge is 0.467 e. The molecule has 3 N–H and O–H groups in total. The second kappa shape index (κ2) is 12.7. The van der Waals surface area contributed by atoms with E-state index < -0.39 is 42.0 Å². The third kappa shape index (κ3) is 6.07. The number of nitrogens with zero attached hydrogens (tertiary/aromatic N) is 2. The van der Waals surface area contributed by atoms with Crippen LogP contribution in [-0.4, -0.2) is 64.4 Å². The number of furan rings is 1. The normalized spacial score (nSPS) is 28.4. The van der Waals surface area contributed by atoms with Gasteiger partial charge in [0.15, 0.2) is 0 Å². The summed E-state index contributed by atoms with van der Waals surface area (Å²) in [5, 5.41) is 36.3. The molecule has 7 atom stereocenters. The van der Waals surface area contributed by atoms with E-state index in [0.29, 0.717) is 41.5 Å². The summed E-state index contributed by atoms with van der Waals surface area (Å²) in [5.74, 6) is -1.53. The number of aliphatic hydroxyl groups excluding tert-OH is 3. The Labute approximate surface area is 248 Å². The Balaban J connectivity index is 1.14. The van der Waals surface area contributed by atoms with Crippen molar-refractivity contribution in [3.8, 4) is 11.5 Å². The molecule has 1 aliphatic heterocycles. The maximum atomic E-state index is 13.9. The number of hydrogen-bond donors (Lipinski definition) is 3. The lowest BCUT2D eigenvalue weighted by Crippen LogP contribution is -2.54. The van der Waals surface area contributed by atoms with Crippen molar-refractivity contribution in [3.63, 3.8) is 0 Å². The van der Waals surface area contributed by atoms with Gasteiger partial charge in [0.2, 0.25) is 11.8 Å². The lowest BCUT2D eigenvalue weighted by Gasteiger charge is -2.45. The van der Waals surface area contributed by atoms with Gasteiger partial charge in [-0.05, 0) is 49.2 Å². The van der Waals surface area contributed by atoms with E-state index in [4.69, 9.17) is 18.7 Å². The zero-order valence-electron chi connectivity index (χ0n) is 23.4. The smallest absolute Gasteiger partial charge is 0.238 e. The maximum absolute atomic E-state index is 13.9. The Morgan fingerprint density at radius 1 is 0.930 bits per heavy atom. The quantitative estimate of drug-likeness (QED) is 0.239. The summed E-state index contributed by atoms with van der Waals surface area (Å²) in [5.41, 5.74) is 0.891. The minimum absolute atomic E-state index is 0.00668. The molecular weight excluding hydrogens is 556 g/mol. The predicted octanol–water partition coefficient (Wildman–Crippen LogP) is 3.28. The molecule has 6 rings (SSSR count). The van der Waals surface area contributed by atoms with Crippen molar-refractivity contribution in [3.05, 3.63) is 78.8 Å². The van der Waals surface area contributed by atoms with Crippen molar-refractivity contribution >= 4 is 23.2 Å². The molecule has 0 unspecified atom stereocenters. The molecule has 2 aliphatic carbocycles. The zero-order chi connectivity index (χ0) is 29.9. The number of para-hydroxylation sites is 1. The zero-order valence-corrected chi connectivity index (χ0v) is 23.4. The van der Waals surface area contributed by atoms with Crippen LogP contribution in [0.1, 0.15) is 25.0 Å². The van der Waals surface area contributed by atoms with Crippen LogP contribution in [0.3, 0.4) is 0 Å². The summed E-state index contributed by atoms with van der Waals surface area (Å²) in [6.07, 6.45) is -0.805. The van der Waals surface area contributed by atoms with Crippen LogP contribution in [0.25, 0.3) is 0 Å². The van der Waals surface area contributed by atoms with E-state index >= 15 is 0 Å². The molecule has 3 fully saturated rings. The Bertz CT molecular complexity index is 1440. The number of benzene rings is 2. The summed E-state index contributed by atoms with van der Waals surface area (Å²) in [7, 11) is 0. The number of hydrogen-bond acceptors (Lipinski definition) is 10. The number of oxime groups is 1. The summed E-state index contributed by atoms with van der Waals surface area (Å²) in [4.78, 5) is 34.1. The molecule has 0 spiro atoms. The molecule has 11 nitrogen and oxygen atoms in total. The highest BCUT2D eigenvalue weighted by Crippen LogP contribution is 2.50. The number of imide groups is 1. The maximum Gasteiger partial charge on any atom is 0.238 e. The number of ether oxygens (including phenoxy) is 2. The highest BCUT2D eigenvalue weighted by atomic mass is 16.6. The number of aliphatic hydroxyl groups is 3. The molecule has 2 saturated carbocycles. The summed E-state index contributed by atoms with van der Waals surface area (Å²) in [6, 6.07) is 19.5. The van der Waals surface area contributed by atoms with Crippen LogP contribution in [0.5, 0.6) is 11.5 Å². The molecule has 2 amide bonds. The summed E-state index contributed by atoms with van der Waals surface area (Å²) < 4.78 is 16.5. The van der Waals surface area contributed by atoms with E-state index in [9.17, 15) is 24.9 Å². The van der Waals surface area contributed by atoms with Gasteiger partial charge < -0.3 is 34.0 Å². The van der Waals surface area contributed by atoms with Gasteiger partial charge in [-0.3, -0.25) is 9.59 Å². The lowest BCUT2D eigenvalue weighted by atomic mass is 9.60. The van der Waals surface area contributed by atoms with Crippen LogP contribution in [0.2, 0.25) is 0 Å². The molecule has 2 aromatic carbocycles. The molecule has 0 radical (unpaired) electrons. The van der Waals surface area contributed by atoms with Crippen LogP contribution in [-0.2, 0) is 25.8 Å². The molecule has 2 heterocycles. The van der Waals surface area contributed by atoms with Crippen LogP contribution in [0, 0.1) is 23.7 Å². The number of amides is 2. The van der Waals surface area contributed by atoms with Gasteiger partial charge in [-0.1, -0.05) is 29.4 Å². The summed E-state index contributed by atoms with van der Waals surface area (Å²) >= 11 is 0. The van der Waals surface area contributed by atoms with Gasteiger partial charge in [-0.2, -0.15) is 0 Å². The van der Waals surface area contributed by atoms with E-state index in [0.717, 1.165) is 0 Å². The monoisotopic (exact) mass is 590 g/mol. The molecule has 11 heteroatoms. The Hall–Kier alpha value is -4.03. The van der Waals surface area contributed by atoms with Gasteiger partial charge in [-0.25, -0.2) is 4.90 Å². The lowest BCUT2D eigenvalue weighted by molar-refractivity contribution is -0.132. The Morgan fingerprint density at radius 3 is 2.51 bits per heavy atom. The van der Waals surface area contributed by atoms with Gasteiger partial charge in [0.05, 0.1) is 48.3 Å². The fraction of sp³-hybridized carbons (Fsp3) is 0.406. The van der Waals surface area contributed by atoms with Crippen LogP contribution in [0.15, 0.2) is 82.6 Å². The van der Waals surface area contributed by atoms with Crippen LogP contribution < -0.4 is 9.64 Å². The van der Waals surface area contributed by atoms with E-state index in [-0.39, 0.29) is 38.1 Å². The van der Waals surface area contributed by atoms with Crippen molar-refractivity contribution in [1.82, 2.24) is 0 Å². The topological polar surface area (TPSA) is 151 Å². The molecular formula is C32H34N2O9. The first-order valence-electron chi connectivity index (χ1n) is 14.4. The standard InChI is InChI=1S/C32H34N2O9/c35-20(16-40-18-23-10-5-13-41-23)17-42-33-26-15-27(36)30(37)28-24(26)11-12-25-29(28)32(39)34(31(25)38)19-6-4-9-22(14-19)43-21-7-2-1-3-8-21/h1-10,13-14,20,24-25,27-30,35-37H,11-12,15-18H2/t20-,24-,25+,27+,28-,29+,30+/m0/s1. The fourth-order valence-electron chi connectivity index (χ4n) is 6.48. The Morgan fingerprint density at radius 2 is 1.72 bits per heavy atom. The number of carbonyl (C=O) groups is 2. The van der Waals surface area contributed by atoms with Gasteiger partial charge in [-0.15, -0.1) is 0 Å². The fourth-order valence-corrected chi connectivity index (χ4v) is 6.48. The molecule has 3 aliphatic rings. The first-order valence-corrected chi connectivity index (χ1v) is 14.4. The van der Waals surface area contributed by atoms with Gasteiger partial charge in [0, 0.05) is 24.3 Å². The minimum atomic E-state index is -1.21. The third-order valence-electron chi connectivity index (χ3n) is 8.42. The number of carbonyl (C=O) groups excluding carboxylic acids is 2. The molecule has 226 valence electrons. The van der Waals surface area contributed by atoms with Gasteiger partial charge >= 0.3 is 0 Å². The SMILES string of the molecule is O=C1[C@H]2[C@H]3[C@H](O)[C@H](O)CC(=NOC[C@@H](O)COCc4ccco4)[C@@H]3CC[C@H]2C(=O)N1c1cccc(Oc2ccccc2)c1. The first kappa shape index (κ1) is 29.1. The van der Waals surface area contributed by atoms with Gasteiger partial charge in [0.25, 0.3) is 0 Å². The molecule has 43 heavy (non-hydrogen) atoms. The average Bonchev–Trinajstić information content (AvgIpc) is 3.62. The molecule has 1 saturated heterocycles. The molecule has 3 aromatic rings. The van der Waals surface area contributed by atoms with Crippen LogP contribution >= 0.6 is 0 Å². The van der Waals surface area contributed by atoms with E-state index in [1.165, 1.54) is 11.2 Å². The van der Waals surface area contributed by atoms with Crippen molar-refractivity contribution in [1.29, 1.82) is 0 Å². The van der Waals surface area contributed by atoms with E-state index in [1.54, 1.807) is 36.4 Å². The van der Waals surface area contributed by atoms with Gasteiger partial charge in [0.1, 0.15) is 36.6 Å². The molecule has 1 aromatic heterocycles. The number of anilines is 1. The average molecular weight is 591 g/mol. The van der Waals surface area contributed by atoms with E-state index in [2.05, 4.69) is 5.16 Å². The Kier molecular flexibility index (Phi) is 8.57. The second-order valence-corrected chi connectivity index (χ2v) is 11.2. The summed E-state index contributed by atoms with van der Waals surface area (Å²) in [6.45, 7) is 0.0755. The van der Waals surface area contributed by atoms with Crippen molar-refractivity contribution < 1.29 is 43.6 Å².